The second kappa shape index (κ2) is 8.04. The molecular weight excluding hydrogens is 277 g/mol. The number of hydrogen-bond acceptors (Lipinski definition) is 3. The molecule has 0 bridgehead atoms. The van der Waals surface area contributed by atoms with E-state index in [1.807, 2.05) is 0 Å². The number of likely N-dealkylation sites (tertiary alicyclic amines) is 1. The second-order valence-electron chi connectivity index (χ2n) is 4.84. The number of carboxylic acid groups (broad SMARTS) is 1. The minimum Gasteiger partial charge on any atom is -0.465 e. The van der Waals surface area contributed by atoms with Crippen LogP contribution in [0.1, 0.15) is 12.8 Å². The number of piperazine rings is 1. The average molecular weight is 300 g/mol. The van der Waals surface area contributed by atoms with Crippen LogP contribution in [-0.2, 0) is 0 Å². The highest BCUT2D eigenvalue weighted by atomic mass is 35.5. The van der Waals surface area contributed by atoms with Crippen LogP contribution >= 0.6 is 24.8 Å². The first-order chi connectivity index (χ1) is 7.66. The minimum atomic E-state index is -0.767. The van der Waals surface area contributed by atoms with E-state index < -0.39 is 6.09 Å². The van der Waals surface area contributed by atoms with Gasteiger partial charge in [0.1, 0.15) is 0 Å². The summed E-state index contributed by atoms with van der Waals surface area (Å²) in [4.78, 5) is 17.2. The lowest BCUT2D eigenvalue weighted by Gasteiger charge is -2.41. The molecule has 0 aromatic carbocycles. The molecule has 0 radical (unpaired) electrons. The van der Waals surface area contributed by atoms with Crippen molar-refractivity contribution in [2.75, 3.05) is 46.3 Å². The highest BCUT2D eigenvalue weighted by Crippen LogP contribution is 2.17. The Balaban J connectivity index is 0.00000144. The fraction of sp³-hybridized carbons (Fsp3) is 0.909. The first kappa shape index (κ1) is 17.8. The predicted molar refractivity (Wildman–Crippen MR) is 76.2 cm³/mol. The SMILES string of the molecule is CN1CCN(C2CCN(C(=O)O)CC2)CC1.Cl.Cl. The van der Waals surface area contributed by atoms with Crippen LogP contribution in [0.15, 0.2) is 0 Å². The van der Waals surface area contributed by atoms with E-state index in [-0.39, 0.29) is 24.8 Å². The summed E-state index contributed by atoms with van der Waals surface area (Å²) in [5.74, 6) is 0. The Labute approximate surface area is 121 Å². The summed E-state index contributed by atoms with van der Waals surface area (Å²) >= 11 is 0. The Morgan fingerprint density at radius 2 is 1.50 bits per heavy atom. The highest BCUT2D eigenvalue weighted by Gasteiger charge is 2.27. The standard InChI is InChI=1S/C11H21N3O2.2ClH/c1-12-6-8-13(9-7-12)10-2-4-14(5-3-10)11(15)16;;/h10H,2-9H2,1H3,(H,15,16);2*1H. The number of halogens is 2. The largest absolute Gasteiger partial charge is 0.465 e. The van der Waals surface area contributed by atoms with E-state index in [1.165, 1.54) is 4.90 Å². The number of rotatable bonds is 1. The summed E-state index contributed by atoms with van der Waals surface area (Å²) in [6.45, 7) is 5.94. The van der Waals surface area contributed by atoms with E-state index in [4.69, 9.17) is 5.11 Å². The fourth-order valence-electron chi connectivity index (χ4n) is 2.61. The van der Waals surface area contributed by atoms with Gasteiger partial charge in [-0.05, 0) is 19.9 Å². The molecule has 2 heterocycles. The zero-order valence-electron chi connectivity index (χ0n) is 10.7. The summed E-state index contributed by atoms with van der Waals surface area (Å²) in [7, 11) is 2.16. The van der Waals surface area contributed by atoms with Crippen LogP contribution in [-0.4, -0.2) is 78.3 Å². The Bertz CT molecular complexity index is 253. The molecule has 2 fully saturated rings. The maximum atomic E-state index is 10.8. The van der Waals surface area contributed by atoms with Gasteiger partial charge in [0, 0.05) is 45.3 Å². The third-order valence-corrected chi connectivity index (χ3v) is 3.79. The minimum absolute atomic E-state index is 0. The molecule has 0 atom stereocenters. The van der Waals surface area contributed by atoms with Gasteiger partial charge in [-0.3, -0.25) is 4.90 Å². The van der Waals surface area contributed by atoms with Gasteiger partial charge in [0.25, 0.3) is 0 Å². The number of amides is 1. The van der Waals surface area contributed by atoms with Crippen molar-refractivity contribution in [3.8, 4) is 0 Å². The molecule has 0 unspecified atom stereocenters. The summed E-state index contributed by atoms with van der Waals surface area (Å²) in [5, 5.41) is 8.88. The number of likely N-dealkylation sites (N-methyl/N-ethyl adjacent to an activating group) is 1. The molecule has 0 aromatic rings. The quantitative estimate of drug-likeness (QED) is 0.791. The van der Waals surface area contributed by atoms with Gasteiger partial charge in [-0.15, -0.1) is 24.8 Å². The fourth-order valence-corrected chi connectivity index (χ4v) is 2.61. The number of piperidine rings is 1. The lowest BCUT2D eigenvalue weighted by Crippen LogP contribution is -2.52. The highest BCUT2D eigenvalue weighted by molar-refractivity contribution is 5.85. The van der Waals surface area contributed by atoms with Crippen molar-refractivity contribution in [3.05, 3.63) is 0 Å². The third-order valence-electron chi connectivity index (χ3n) is 3.79. The molecule has 0 aliphatic carbocycles. The molecule has 0 saturated carbocycles. The lowest BCUT2D eigenvalue weighted by molar-refractivity contribution is 0.0658. The zero-order chi connectivity index (χ0) is 11.5. The zero-order valence-corrected chi connectivity index (χ0v) is 12.4. The molecule has 5 nitrogen and oxygen atoms in total. The van der Waals surface area contributed by atoms with E-state index in [9.17, 15) is 4.79 Å². The van der Waals surface area contributed by atoms with Crippen molar-refractivity contribution < 1.29 is 9.90 Å². The van der Waals surface area contributed by atoms with Crippen molar-refractivity contribution in [1.29, 1.82) is 0 Å². The van der Waals surface area contributed by atoms with E-state index in [0.29, 0.717) is 19.1 Å². The van der Waals surface area contributed by atoms with Crippen LogP contribution < -0.4 is 0 Å². The molecule has 108 valence electrons. The lowest BCUT2D eigenvalue weighted by atomic mass is 10.0. The number of nitrogens with zero attached hydrogens (tertiary/aromatic N) is 3. The van der Waals surface area contributed by atoms with Gasteiger partial charge in [-0.25, -0.2) is 4.79 Å². The smallest absolute Gasteiger partial charge is 0.407 e. The summed E-state index contributed by atoms with van der Waals surface area (Å²) < 4.78 is 0. The molecule has 2 rings (SSSR count). The van der Waals surface area contributed by atoms with Crippen molar-refractivity contribution in [2.24, 2.45) is 0 Å². The summed E-state index contributed by atoms with van der Waals surface area (Å²) in [6.07, 6.45) is 1.23. The number of carbonyl (C=O) groups is 1. The van der Waals surface area contributed by atoms with Gasteiger partial charge in [0.2, 0.25) is 0 Å². The predicted octanol–water partition coefficient (Wildman–Crippen LogP) is 1.22. The van der Waals surface area contributed by atoms with Crippen LogP contribution in [0.2, 0.25) is 0 Å². The van der Waals surface area contributed by atoms with Crippen LogP contribution in [0.3, 0.4) is 0 Å². The van der Waals surface area contributed by atoms with Gasteiger partial charge in [-0.2, -0.15) is 0 Å². The first-order valence-corrected chi connectivity index (χ1v) is 6.07. The van der Waals surface area contributed by atoms with E-state index in [2.05, 4.69) is 16.8 Å². The maximum Gasteiger partial charge on any atom is 0.407 e. The Morgan fingerprint density at radius 1 is 1.00 bits per heavy atom. The van der Waals surface area contributed by atoms with E-state index in [0.717, 1.165) is 39.0 Å². The van der Waals surface area contributed by atoms with Crippen molar-refractivity contribution in [1.82, 2.24) is 14.7 Å². The Kier molecular flexibility index (Phi) is 7.94. The van der Waals surface area contributed by atoms with Gasteiger partial charge in [-0.1, -0.05) is 0 Å². The summed E-state index contributed by atoms with van der Waals surface area (Å²) in [6, 6.07) is 0.601. The van der Waals surface area contributed by atoms with Gasteiger partial charge < -0.3 is 14.9 Å². The molecule has 2 aliphatic rings. The van der Waals surface area contributed by atoms with Crippen LogP contribution in [0.5, 0.6) is 0 Å². The monoisotopic (exact) mass is 299 g/mol. The van der Waals surface area contributed by atoms with Gasteiger partial charge in [0.15, 0.2) is 0 Å². The average Bonchev–Trinajstić information content (AvgIpc) is 2.30. The molecule has 0 spiro atoms. The normalized spacial score (nSPS) is 23.1. The van der Waals surface area contributed by atoms with Crippen LogP contribution in [0.25, 0.3) is 0 Å². The molecule has 2 saturated heterocycles. The Morgan fingerprint density at radius 3 is 1.94 bits per heavy atom. The van der Waals surface area contributed by atoms with Crippen molar-refractivity contribution in [2.45, 2.75) is 18.9 Å². The third kappa shape index (κ3) is 4.46. The molecule has 1 N–H and O–H groups in total. The second-order valence-corrected chi connectivity index (χ2v) is 4.84. The number of hydrogen-bond donors (Lipinski definition) is 1. The molecule has 7 heteroatoms. The maximum absolute atomic E-state index is 10.8. The first-order valence-electron chi connectivity index (χ1n) is 6.07. The van der Waals surface area contributed by atoms with E-state index >= 15 is 0 Å². The molecule has 2 aliphatic heterocycles. The topological polar surface area (TPSA) is 47.0 Å². The van der Waals surface area contributed by atoms with E-state index in [1.54, 1.807) is 0 Å². The molecule has 1 amide bonds. The van der Waals surface area contributed by atoms with Gasteiger partial charge >= 0.3 is 6.09 Å². The molecular formula is C11H23Cl2N3O2. The van der Waals surface area contributed by atoms with Crippen molar-refractivity contribution in [3.63, 3.8) is 0 Å². The van der Waals surface area contributed by atoms with Crippen molar-refractivity contribution >= 4 is 30.9 Å². The van der Waals surface area contributed by atoms with Crippen LogP contribution in [0.4, 0.5) is 4.79 Å². The summed E-state index contributed by atoms with van der Waals surface area (Å²) in [5.41, 5.74) is 0. The Hall–Kier alpha value is -0.230. The molecule has 18 heavy (non-hydrogen) atoms. The van der Waals surface area contributed by atoms with Crippen LogP contribution in [0, 0.1) is 0 Å². The van der Waals surface area contributed by atoms with Gasteiger partial charge in [0.05, 0.1) is 0 Å². The molecule has 0 aromatic heterocycles.